The molecule has 6 heteroatoms. The van der Waals surface area contributed by atoms with Crippen molar-refractivity contribution in [1.82, 2.24) is 9.78 Å². The molecule has 4 heterocycles. The number of anilines is 1. The number of hydrogen-bond acceptors (Lipinski definition) is 5. The second-order valence-electron chi connectivity index (χ2n) is 7.82. The van der Waals surface area contributed by atoms with Gasteiger partial charge in [0.25, 0.3) is 0 Å². The summed E-state index contributed by atoms with van der Waals surface area (Å²) in [6, 6.07) is 10.6. The number of ether oxygens (including phenoxy) is 3. The Morgan fingerprint density at radius 3 is 2.61 bits per heavy atom. The summed E-state index contributed by atoms with van der Waals surface area (Å²) >= 11 is 0. The molecule has 3 aliphatic rings. The zero-order chi connectivity index (χ0) is 18.9. The van der Waals surface area contributed by atoms with E-state index in [1.807, 2.05) is 24.0 Å². The van der Waals surface area contributed by atoms with E-state index in [4.69, 9.17) is 14.2 Å². The van der Waals surface area contributed by atoms with Gasteiger partial charge in [-0.2, -0.15) is 5.10 Å². The van der Waals surface area contributed by atoms with E-state index in [9.17, 15) is 0 Å². The minimum absolute atomic E-state index is 0.234. The van der Waals surface area contributed by atoms with Gasteiger partial charge in [-0.1, -0.05) is 12.1 Å². The van der Waals surface area contributed by atoms with Crippen LogP contribution in [-0.4, -0.2) is 43.2 Å². The van der Waals surface area contributed by atoms with Crippen LogP contribution in [0.4, 0.5) is 5.69 Å². The lowest BCUT2D eigenvalue weighted by atomic mass is 9.75. The van der Waals surface area contributed by atoms with Crippen molar-refractivity contribution in [3.05, 3.63) is 53.9 Å². The molecule has 28 heavy (non-hydrogen) atoms. The van der Waals surface area contributed by atoms with Crippen molar-refractivity contribution in [3.63, 3.8) is 0 Å². The molecule has 1 atom stereocenters. The first-order chi connectivity index (χ1) is 13.7. The first-order valence-corrected chi connectivity index (χ1v) is 9.56. The molecule has 0 fully saturated rings. The Morgan fingerprint density at radius 1 is 1.00 bits per heavy atom. The van der Waals surface area contributed by atoms with E-state index < -0.39 is 0 Å². The molecular formula is C22H21N3O3. The lowest BCUT2D eigenvalue weighted by Crippen LogP contribution is -2.35. The van der Waals surface area contributed by atoms with Crippen molar-refractivity contribution in [3.8, 4) is 28.4 Å². The molecule has 6 nitrogen and oxygen atoms in total. The Balaban J connectivity index is 1.60. The summed E-state index contributed by atoms with van der Waals surface area (Å²) in [5, 5.41) is 4.39. The summed E-state index contributed by atoms with van der Waals surface area (Å²) in [6.07, 6.45) is 4.00. The second-order valence-corrected chi connectivity index (χ2v) is 7.82. The molecule has 0 saturated carbocycles. The van der Waals surface area contributed by atoms with Gasteiger partial charge in [0.05, 0.1) is 11.6 Å². The standard InChI is InChI=1S/C22H21N3O3/c1-24-12-22(13-28-18-9-20-19(8-16(18)22)26-6-7-27-20)21-15(4-3-5-17(21)24)14-10-23-25(2)11-14/h3-5,8-11H,6-7,12-13H2,1-2H3. The van der Waals surface area contributed by atoms with Gasteiger partial charge < -0.3 is 19.1 Å². The molecule has 0 bridgehead atoms. The van der Waals surface area contributed by atoms with Gasteiger partial charge in [-0.15, -0.1) is 0 Å². The number of likely N-dealkylation sites (N-methyl/N-ethyl adjacent to an activating group) is 1. The van der Waals surface area contributed by atoms with Gasteiger partial charge in [0.15, 0.2) is 11.5 Å². The molecule has 0 radical (unpaired) electrons. The number of rotatable bonds is 1. The van der Waals surface area contributed by atoms with Crippen molar-refractivity contribution in [2.24, 2.45) is 7.05 Å². The third kappa shape index (κ3) is 2.00. The monoisotopic (exact) mass is 375 g/mol. The van der Waals surface area contributed by atoms with Crippen LogP contribution in [0.5, 0.6) is 17.2 Å². The summed E-state index contributed by atoms with van der Waals surface area (Å²) in [4.78, 5) is 2.32. The molecule has 0 aliphatic carbocycles. The Morgan fingerprint density at radius 2 is 1.82 bits per heavy atom. The van der Waals surface area contributed by atoms with Crippen LogP contribution in [0.1, 0.15) is 11.1 Å². The molecule has 2 aromatic carbocycles. The average molecular weight is 375 g/mol. The van der Waals surface area contributed by atoms with Crippen molar-refractivity contribution in [2.45, 2.75) is 5.41 Å². The molecule has 6 rings (SSSR count). The third-order valence-electron chi connectivity index (χ3n) is 6.09. The summed E-state index contributed by atoms with van der Waals surface area (Å²) in [5.74, 6) is 2.48. The number of nitrogens with zero attached hydrogens (tertiary/aromatic N) is 3. The SMILES string of the molecule is CN1CC2(COc3cc4c(cc32)OCCO4)c2c(-c3cnn(C)c3)cccc21. The number of aromatic nitrogens is 2. The molecule has 3 aromatic rings. The van der Waals surface area contributed by atoms with Gasteiger partial charge in [-0.25, -0.2) is 0 Å². The number of hydrogen-bond donors (Lipinski definition) is 0. The fraction of sp³-hybridized carbons (Fsp3) is 0.318. The predicted molar refractivity (Wildman–Crippen MR) is 106 cm³/mol. The normalized spacial score (nSPS) is 21.6. The Bertz CT molecular complexity index is 1110. The van der Waals surface area contributed by atoms with E-state index in [2.05, 4.69) is 47.5 Å². The van der Waals surface area contributed by atoms with Crippen molar-refractivity contribution in [2.75, 3.05) is 38.3 Å². The molecule has 0 saturated heterocycles. The molecule has 1 unspecified atom stereocenters. The zero-order valence-corrected chi connectivity index (χ0v) is 15.9. The third-order valence-corrected chi connectivity index (χ3v) is 6.09. The van der Waals surface area contributed by atoms with Crippen LogP contribution in [0.3, 0.4) is 0 Å². The molecular weight excluding hydrogens is 354 g/mol. The Labute approximate surface area is 163 Å². The maximum atomic E-state index is 6.22. The van der Waals surface area contributed by atoms with Crippen LogP contribution < -0.4 is 19.1 Å². The van der Waals surface area contributed by atoms with Crippen molar-refractivity contribution < 1.29 is 14.2 Å². The van der Waals surface area contributed by atoms with Crippen LogP contribution in [0.2, 0.25) is 0 Å². The lowest BCUT2D eigenvalue weighted by Gasteiger charge is -2.26. The Kier molecular flexibility index (Phi) is 3.08. The van der Waals surface area contributed by atoms with E-state index in [0.29, 0.717) is 19.8 Å². The topological polar surface area (TPSA) is 48.8 Å². The molecule has 1 aromatic heterocycles. The highest BCUT2D eigenvalue weighted by molar-refractivity contribution is 5.82. The highest BCUT2D eigenvalue weighted by atomic mass is 16.6. The predicted octanol–water partition coefficient (Wildman–Crippen LogP) is 2.99. The van der Waals surface area contributed by atoms with Gasteiger partial charge in [0.1, 0.15) is 25.6 Å². The van der Waals surface area contributed by atoms with Crippen LogP contribution in [0.25, 0.3) is 11.1 Å². The van der Waals surface area contributed by atoms with E-state index >= 15 is 0 Å². The van der Waals surface area contributed by atoms with Crippen molar-refractivity contribution >= 4 is 5.69 Å². The van der Waals surface area contributed by atoms with Crippen LogP contribution in [0, 0.1) is 0 Å². The lowest BCUT2D eigenvalue weighted by molar-refractivity contribution is 0.171. The summed E-state index contributed by atoms with van der Waals surface area (Å²) < 4.78 is 19.7. The fourth-order valence-electron chi connectivity index (χ4n) is 4.91. The molecule has 0 amide bonds. The number of aryl methyl sites for hydroxylation is 1. The summed E-state index contributed by atoms with van der Waals surface area (Å²) in [6.45, 7) is 2.64. The van der Waals surface area contributed by atoms with Crippen LogP contribution >= 0.6 is 0 Å². The van der Waals surface area contributed by atoms with Crippen LogP contribution in [0.15, 0.2) is 42.7 Å². The van der Waals surface area contributed by atoms with E-state index in [0.717, 1.165) is 29.4 Å². The summed E-state index contributed by atoms with van der Waals surface area (Å²) in [7, 11) is 4.10. The summed E-state index contributed by atoms with van der Waals surface area (Å²) in [5.41, 5.74) is 5.83. The molecule has 142 valence electrons. The van der Waals surface area contributed by atoms with Gasteiger partial charge in [-0.3, -0.25) is 4.68 Å². The van der Waals surface area contributed by atoms with Gasteiger partial charge in [0, 0.05) is 49.7 Å². The average Bonchev–Trinajstić information content (AvgIpc) is 3.38. The van der Waals surface area contributed by atoms with E-state index in [1.54, 1.807) is 0 Å². The molecule has 1 spiro atoms. The number of benzene rings is 2. The van der Waals surface area contributed by atoms with Gasteiger partial charge >= 0.3 is 0 Å². The highest BCUT2D eigenvalue weighted by Gasteiger charge is 2.51. The molecule has 0 N–H and O–H groups in total. The largest absolute Gasteiger partial charge is 0.492 e. The fourth-order valence-corrected chi connectivity index (χ4v) is 4.91. The first kappa shape index (κ1) is 15.9. The van der Waals surface area contributed by atoms with Crippen molar-refractivity contribution in [1.29, 1.82) is 0 Å². The highest BCUT2D eigenvalue weighted by Crippen LogP contribution is 2.56. The second kappa shape index (κ2) is 5.44. The van der Waals surface area contributed by atoms with Gasteiger partial charge in [0.2, 0.25) is 0 Å². The Hall–Kier alpha value is -3.15. The minimum Gasteiger partial charge on any atom is -0.492 e. The van der Waals surface area contributed by atoms with E-state index in [-0.39, 0.29) is 5.41 Å². The van der Waals surface area contributed by atoms with Gasteiger partial charge in [-0.05, 0) is 23.3 Å². The maximum Gasteiger partial charge on any atom is 0.165 e. The number of fused-ring (bicyclic) bond motifs is 5. The quantitative estimate of drug-likeness (QED) is 0.654. The van der Waals surface area contributed by atoms with Crippen LogP contribution in [-0.2, 0) is 12.5 Å². The van der Waals surface area contributed by atoms with E-state index in [1.165, 1.54) is 22.4 Å². The smallest absolute Gasteiger partial charge is 0.165 e. The zero-order valence-electron chi connectivity index (χ0n) is 15.9. The molecule has 3 aliphatic heterocycles. The first-order valence-electron chi connectivity index (χ1n) is 9.56. The minimum atomic E-state index is -0.234. The maximum absolute atomic E-state index is 6.22.